The number of hydrogen-bond donors (Lipinski definition) is 0. The first kappa shape index (κ1) is 27.3. The van der Waals surface area contributed by atoms with E-state index in [1.54, 1.807) is 46.2 Å². The summed E-state index contributed by atoms with van der Waals surface area (Å²) in [5, 5.41) is -0.662. The van der Waals surface area contributed by atoms with Crippen molar-refractivity contribution in [2.45, 2.75) is 12.7 Å². The Morgan fingerprint density at radius 3 is 2.15 bits per heavy atom. The number of furan rings is 1. The summed E-state index contributed by atoms with van der Waals surface area (Å²) in [7, 11) is 0. The molecule has 2 aliphatic rings. The Labute approximate surface area is 231 Å². The molecular formula is C28H22F3N3O5S. The van der Waals surface area contributed by atoms with Gasteiger partial charge in [-0.25, -0.2) is 0 Å². The molecule has 0 N–H and O–H groups in total. The third kappa shape index (κ3) is 5.67. The summed E-state index contributed by atoms with van der Waals surface area (Å²) in [5.41, 5.74) is -0.108. The molecule has 0 atom stereocenters. The molecule has 3 heterocycles. The number of amides is 4. The maximum atomic E-state index is 13.3. The number of piperazine rings is 1. The fraction of sp³-hybridized carbons (Fsp3) is 0.214. The SMILES string of the molecule is O=C(c1ccc(C=C2SC(=O)N(Cc3ccccc3C(F)(F)F)C2=O)cc1)N1CCN(C(=O)c2ccco2)CC1. The summed E-state index contributed by atoms with van der Waals surface area (Å²) in [6, 6.07) is 14.5. The summed E-state index contributed by atoms with van der Waals surface area (Å²) in [6.07, 6.45) is -1.72. The Hall–Kier alpha value is -4.32. The van der Waals surface area contributed by atoms with Gasteiger partial charge in [0.2, 0.25) is 0 Å². The van der Waals surface area contributed by atoms with Gasteiger partial charge in [0.15, 0.2) is 5.76 Å². The molecule has 40 heavy (non-hydrogen) atoms. The van der Waals surface area contributed by atoms with Gasteiger partial charge in [-0.2, -0.15) is 13.2 Å². The highest BCUT2D eigenvalue weighted by molar-refractivity contribution is 8.18. The Morgan fingerprint density at radius 2 is 1.52 bits per heavy atom. The fourth-order valence-corrected chi connectivity index (χ4v) is 5.30. The van der Waals surface area contributed by atoms with Crippen molar-refractivity contribution in [1.82, 2.24) is 14.7 Å². The highest BCUT2D eigenvalue weighted by Gasteiger charge is 2.38. The number of carbonyl (C=O) groups is 4. The van der Waals surface area contributed by atoms with Crippen molar-refractivity contribution in [2.24, 2.45) is 0 Å². The van der Waals surface area contributed by atoms with Crippen LogP contribution in [0.4, 0.5) is 18.0 Å². The Kier molecular flexibility index (Phi) is 7.53. The quantitative estimate of drug-likeness (QED) is 0.396. The third-order valence-electron chi connectivity index (χ3n) is 6.57. The molecule has 4 amide bonds. The highest BCUT2D eigenvalue weighted by atomic mass is 32.2. The first-order chi connectivity index (χ1) is 19.1. The second-order valence-corrected chi connectivity index (χ2v) is 10.1. The maximum absolute atomic E-state index is 13.3. The minimum atomic E-state index is -4.61. The lowest BCUT2D eigenvalue weighted by Gasteiger charge is -2.34. The topological polar surface area (TPSA) is 91.1 Å². The minimum absolute atomic E-state index is 0.0749. The van der Waals surface area contributed by atoms with Crippen molar-refractivity contribution in [3.63, 3.8) is 0 Å². The number of nitrogens with zero attached hydrogens (tertiary/aromatic N) is 3. The van der Waals surface area contributed by atoms with Crippen molar-refractivity contribution in [3.8, 4) is 0 Å². The fourth-order valence-electron chi connectivity index (χ4n) is 4.47. The van der Waals surface area contributed by atoms with E-state index in [4.69, 9.17) is 4.42 Å². The van der Waals surface area contributed by atoms with E-state index in [0.29, 0.717) is 49.1 Å². The first-order valence-corrected chi connectivity index (χ1v) is 13.1. The van der Waals surface area contributed by atoms with Crippen LogP contribution in [0.15, 0.2) is 76.2 Å². The van der Waals surface area contributed by atoms with Gasteiger partial charge in [0.1, 0.15) is 0 Å². The van der Waals surface area contributed by atoms with Crippen molar-refractivity contribution >= 4 is 40.8 Å². The Morgan fingerprint density at radius 1 is 0.875 bits per heavy atom. The zero-order valence-corrected chi connectivity index (χ0v) is 21.7. The molecule has 5 rings (SSSR count). The van der Waals surface area contributed by atoms with Crippen molar-refractivity contribution in [2.75, 3.05) is 26.2 Å². The van der Waals surface area contributed by atoms with Gasteiger partial charge in [-0.15, -0.1) is 0 Å². The van der Waals surface area contributed by atoms with Crippen LogP contribution in [0, 0.1) is 0 Å². The summed E-state index contributed by atoms with van der Waals surface area (Å²) < 4.78 is 45.2. The number of benzene rings is 2. The molecule has 12 heteroatoms. The van der Waals surface area contributed by atoms with Crippen LogP contribution in [0.2, 0.25) is 0 Å². The number of alkyl halides is 3. The molecule has 0 saturated carbocycles. The summed E-state index contributed by atoms with van der Waals surface area (Å²) in [4.78, 5) is 54.8. The monoisotopic (exact) mass is 569 g/mol. The molecule has 8 nitrogen and oxygen atoms in total. The Balaban J connectivity index is 1.22. The van der Waals surface area contributed by atoms with E-state index >= 15 is 0 Å². The average molecular weight is 570 g/mol. The van der Waals surface area contributed by atoms with E-state index in [-0.39, 0.29) is 28.0 Å². The molecule has 2 aromatic carbocycles. The number of imide groups is 1. The molecule has 0 aliphatic carbocycles. The molecule has 2 aliphatic heterocycles. The van der Waals surface area contributed by atoms with Crippen LogP contribution in [0.1, 0.15) is 37.6 Å². The van der Waals surface area contributed by atoms with Gasteiger partial charge in [-0.1, -0.05) is 30.3 Å². The molecule has 2 fully saturated rings. The van der Waals surface area contributed by atoms with Gasteiger partial charge in [0.25, 0.3) is 23.0 Å². The van der Waals surface area contributed by atoms with Gasteiger partial charge in [0, 0.05) is 31.7 Å². The highest BCUT2D eigenvalue weighted by Crippen LogP contribution is 2.36. The van der Waals surface area contributed by atoms with E-state index in [1.807, 2.05) is 0 Å². The molecule has 2 saturated heterocycles. The maximum Gasteiger partial charge on any atom is 0.416 e. The van der Waals surface area contributed by atoms with Gasteiger partial charge in [-0.3, -0.25) is 24.1 Å². The molecule has 3 aromatic rings. The molecule has 1 aromatic heterocycles. The predicted octanol–water partition coefficient (Wildman–Crippen LogP) is 5.13. The number of rotatable bonds is 5. The minimum Gasteiger partial charge on any atom is -0.459 e. The number of hydrogen-bond acceptors (Lipinski definition) is 6. The van der Waals surface area contributed by atoms with Crippen LogP contribution in [-0.2, 0) is 17.5 Å². The van der Waals surface area contributed by atoms with Gasteiger partial charge in [0.05, 0.1) is 23.3 Å². The van der Waals surface area contributed by atoms with Crippen molar-refractivity contribution < 1.29 is 36.8 Å². The first-order valence-electron chi connectivity index (χ1n) is 12.2. The third-order valence-corrected chi connectivity index (χ3v) is 7.47. The van der Waals surface area contributed by atoms with Crippen LogP contribution in [0.3, 0.4) is 0 Å². The molecular weight excluding hydrogens is 547 g/mol. The van der Waals surface area contributed by atoms with Crippen molar-refractivity contribution in [1.29, 1.82) is 0 Å². The van der Waals surface area contributed by atoms with Crippen LogP contribution < -0.4 is 0 Å². The van der Waals surface area contributed by atoms with E-state index in [9.17, 15) is 32.3 Å². The lowest BCUT2D eigenvalue weighted by atomic mass is 10.1. The largest absolute Gasteiger partial charge is 0.459 e. The predicted molar refractivity (Wildman–Crippen MR) is 140 cm³/mol. The average Bonchev–Trinajstić information content (AvgIpc) is 3.58. The van der Waals surface area contributed by atoms with Crippen LogP contribution in [-0.4, -0.2) is 63.8 Å². The second kappa shape index (κ2) is 11.0. The van der Waals surface area contributed by atoms with E-state index in [0.717, 1.165) is 11.0 Å². The van der Waals surface area contributed by atoms with Crippen molar-refractivity contribution in [3.05, 3.63) is 99.8 Å². The lowest BCUT2D eigenvalue weighted by Crippen LogP contribution is -2.50. The molecule has 0 radical (unpaired) electrons. The molecule has 0 bridgehead atoms. The van der Waals surface area contributed by atoms with Crippen LogP contribution >= 0.6 is 11.8 Å². The van der Waals surface area contributed by atoms with Gasteiger partial charge >= 0.3 is 6.18 Å². The van der Waals surface area contributed by atoms with Gasteiger partial charge in [-0.05, 0) is 59.3 Å². The second-order valence-electron chi connectivity index (χ2n) is 9.11. The zero-order valence-electron chi connectivity index (χ0n) is 20.9. The number of thioether (sulfide) groups is 1. The standard InChI is InChI=1S/C28H22F3N3O5S/c29-28(30,31)21-5-2-1-4-20(21)17-34-26(37)23(40-27(34)38)16-18-7-9-19(10-8-18)24(35)32-11-13-33(14-12-32)25(36)22-6-3-15-39-22/h1-10,15-16H,11-14,17H2. The molecule has 0 spiro atoms. The lowest BCUT2D eigenvalue weighted by molar-refractivity contribution is -0.139. The summed E-state index contributed by atoms with van der Waals surface area (Å²) in [6.45, 7) is 0.959. The normalized spacial score (nSPS) is 17.2. The van der Waals surface area contributed by atoms with E-state index < -0.39 is 29.4 Å². The smallest absolute Gasteiger partial charge is 0.416 e. The van der Waals surface area contributed by atoms with Gasteiger partial charge < -0.3 is 14.2 Å². The molecule has 206 valence electrons. The number of carbonyl (C=O) groups excluding carboxylic acids is 4. The van der Waals surface area contributed by atoms with E-state index in [2.05, 4.69) is 0 Å². The Bertz CT molecular complexity index is 1480. The summed E-state index contributed by atoms with van der Waals surface area (Å²) in [5.74, 6) is -0.871. The van der Waals surface area contributed by atoms with Crippen LogP contribution in [0.25, 0.3) is 6.08 Å². The molecule has 0 unspecified atom stereocenters. The van der Waals surface area contributed by atoms with E-state index in [1.165, 1.54) is 30.5 Å². The van der Waals surface area contributed by atoms with Crippen LogP contribution in [0.5, 0.6) is 0 Å². The zero-order chi connectivity index (χ0) is 28.4. The summed E-state index contributed by atoms with van der Waals surface area (Å²) >= 11 is 0.647. The number of halogens is 3.